The molecule has 1 aliphatic heterocycles. The fraction of sp³-hybridized carbons (Fsp3) is 0.429. The van der Waals surface area contributed by atoms with E-state index < -0.39 is 5.97 Å². The second kappa shape index (κ2) is 5.74. The first-order chi connectivity index (χ1) is 8.97. The van der Waals surface area contributed by atoms with Gasteiger partial charge in [-0.05, 0) is 43.5 Å². The molecule has 1 heterocycles. The van der Waals surface area contributed by atoms with Crippen LogP contribution in [0.5, 0.6) is 0 Å². The molecule has 0 radical (unpaired) electrons. The highest BCUT2D eigenvalue weighted by Gasteiger charge is 2.27. The Morgan fingerprint density at radius 3 is 2.42 bits per heavy atom. The number of hydrogen-bond acceptors (Lipinski definition) is 2. The van der Waals surface area contributed by atoms with Crippen LogP contribution in [-0.4, -0.2) is 35.0 Å². The van der Waals surface area contributed by atoms with Gasteiger partial charge in [0, 0.05) is 23.1 Å². The molecule has 2 rings (SSSR count). The Morgan fingerprint density at radius 2 is 1.89 bits per heavy atom. The standard InChI is InChI=1S/C14H16BrNO3/c1-9-6-11(8-12(15)7-9)13(17)16-4-2-10(3-5-16)14(18)19/h6-8,10H,2-5H2,1H3,(H,18,19). The molecule has 0 atom stereocenters. The van der Waals surface area contributed by atoms with Crippen LogP contribution in [0, 0.1) is 12.8 Å². The van der Waals surface area contributed by atoms with Crippen molar-refractivity contribution in [2.45, 2.75) is 19.8 Å². The number of halogens is 1. The van der Waals surface area contributed by atoms with Crippen LogP contribution in [0.3, 0.4) is 0 Å². The molecule has 19 heavy (non-hydrogen) atoms. The number of amides is 1. The number of aryl methyl sites for hydroxylation is 1. The third-order valence-electron chi connectivity index (χ3n) is 3.42. The van der Waals surface area contributed by atoms with E-state index >= 15 is 0 Å². The molecule has 4 nitrogen and oxygen atoms in total. The van der Waals surface area contributed by atoms with E-state index in [9.17, 15) is 9.59 Å². The summed E-state index contributed by atoms with van der Waals surface area (Å²) in [4.78, 5) is 25.0. The molecule has 1 N–H and O–H groups in total. The monoisotopic (exact) mass is 325 g/mol. The molecular weight excluding hydrogens is 310 g/mol. The quantitative estimate of drug-likeness (QED) is 0.909. The van der Waals surface area contributed by atoms with E-state index in [4.69, 9.17) is 5.11 Å². The zero-order valence-corrected chi connectivity index (χ0v) is 12.3. The van der Waals surface area contributed by atoms with Gasteiger partial charge in [0.15, 0.2) is 0 Å². The average molecular weight is 326 g/mol. The van der Waals surface area contributed by atoms with Gasteiger partial charge in [0.2, 0.25) is 0 Å². The second-order valence-corrected chi connectivity index (χ2v) is 5.84. The van der Waals surface area contributed by atoms with Crippen molar-refractivity contribution >= 4 is 27.8 Å². The van der Waals surface area contributed by atoms with E-state index in [1.165, 1.54) is 0 Å². The minimum absolute atomic E-state index is 0.0201. The van der Waals surface area contributed by atoms with Gasteiger partial charge in [0.05, 0.1) is 5.92 Å². The van der Waals surface area contributed by atoms with Crippen LogP contribution in [0.15, 0.2) is 22.7 Å². The molecule has 102 valence electrons. The van der Waals surface area contributed by atoms with Gasteiger partial charge in [-0.15, -0.1) is 0 Å². The lowest BCUT2D eigenvalue weighted by atomic mass is 9.96. The van der Waals surface area contributed by atoms with Crippen molar-refractivity contribution in [2.75, 3.05) is 13.1 Å². The maximum absolute atomic E-state index is 12.3. The smallest absolute Gasteiger partial charge is 0.306 e. The highest BCUT2D eigenvalue weighted by molar-refractivity contribution is 9.10. The average Bonchev–Trinajstić information content (AvgIpc) is 2.37. The van der Waals surface area contributed by atoms with Crippen LogP contribution in [0.2, 0.25) is 0 Å². The lowest BCUT2D eigenvalue weighted by Crippen LogP contribution is -2.40. The summed E-state index contributed by atoms with van der Waals surface area (Å²) in [5, 5.41) is 8.94. The maximum atomic E-state index is 12.3. The molecule has 1 fully saturated rings. The normalized spacial score (nSPS) is 16.4. The third-order valence-corrected chi connectivity index (χ3v) is 3.88. The lowest BCUT2D eigenvalue weighted by Gasteiger charge is -2.30. The first-order valence-electron chi connectivity index (χ1n) is 6.26. The maximum Gasteiger partial charge on any atom is 0.306 e. The van der Waals surface area contributed by atoms with Gasteiger partial charge in [-0.3, -0.25) is 9.59 Å². The number of rotatable bonds is 2. The van der Waals surface area contributed by atoms with Crippen LogP contribution in [0.4, 0.5) is 0 Å². The van der Waals surface area contributed by atoms with E-state index in [1.54, 1.807) is 11.0 Å². The van der Waals surface area contributed by atoms with Crippen LogP contribution >= 0.6 is 15.9 Å². The largest absolute Gasteiger partial charge is 0.481 e. The van der Waals surface area contributed by atoms with Crippen molar-refractivity contribution in [3.8, 4) is 0 Å². The Kier molecular flexibility index (Phi) is 4.24. The van der Waals surface area contributed by atoms with E-state index in [-0.39, 0.29) is 11.8 Å². The Balaban J connectivity index is 2.07. The summed E-state index contributed by atoms with van der Waals surface area (Å²) in [6, 6.07) is 5.61. The van der Waals surface area contributed by atoms with Crippen LogP contribution in [-0.2, 0) is 4.79 Å². The summed E-state index contributed by atoms with van der Waals surface area (Å²) in [5.74, 6) is -1.09. The number of likely N-dealkylation sites (tertiary alicyclic amines) is 1. The summed E-state index contributed by atoms with van der Waals surface area (Å²) < 4.78 is 0.885. The van der Waals surface area contributed by atoms with E-state index in [0.717, 1.165) is 10.0 Å². The Labute approximate surface area is 120 Å². The molecule has 0 aliphatic carbocycles. The zero-order chi connectivity index (χ0) is 14.0. The summed E-state index contributed by atoms with van der Waals surface area (Å²) in [6.45, 7) is 2.97. The van der Waals surface area contributed by atoms with Gasteiger partial charge in [-0.25, -0.2) is 0 Å². The lowest BCUT2D eigenvalue weighted by molar-refractivity contribution is -0.143. The van der Waals surface area contributed by atoms with Gasteiger partial charge in [-0.2, -0.15) is 0 Å². The number of aliphatic carboxylic acids is 1. The van der Waals surface area contributed by atoms with Crippen LogP contribution in [0.25, 0.3) is 0 Å². The first kappa shape index (κ1) is 14.1. The summed E-state index contributed by atoms with van der Waals surface area (Å²) >= 11 is 3.39. The molecule has 1 aliphatic rings. The van der Waals surface area contributed by atoms with Gasteiger partial charge in [-0.1, -0.05) is 15.9 Å². The van der Waals surface area contributed by atoms with Crippen molar-refractivity contribution in [3.63, 3.8) is 0 Å². The van der Waals surface area contributed by atoms with Crippen LogP contribution in [0.1, 0.15) is 28.8 Å². The molecule has 1 aromatic rings. The van der Waals surface area contributed by atoms with Crippen molar-refractivity contribution in [3.05, 3.63) is 33.8 Å². The highest BCUT2D eigenvalue weighted by atomic mass is 79.9. The van der Waals surface area contributed by atoms with Crippen molar-refractivity contribution in [2.24, 2.45) is 5.92 Å². The highest BCUT2D eigenvalue weighted by Crippen LogP contribution is 2.21. The Morgan fingerprint density at radius 1 is 1.26 bits per heavy atom. The Bertz CT molecular complexity index is 487. The van der Waals surface area contributed by atoms with Gasteiger partial charge < -0.3 is 10.0 Å². The summed E-state index contributed by atoms with van der Waals surface area (Å²) in [6.07, 6.45) is 1.07. The predicted octanol–water partition coefficient (Wildman–Crippen LogP) is 2.69. The molecule has 0 aromatic heterocycles. The van der Waals surface area contributed by atoms with Crippen molar-refractivity contribution in [1.29, 1.82) is 0 Å². The van der Waals surface area contributed by atoms with E-state index in [2.05, 4.69) is 15.9 Å². The molecule has 0 saturated carbocycles. The summed E-state index contributed by atoms with van der Waals surface area (Å²) in [5.41, 5.74) is 1.68. The first-order valence-corrected chi connectivity index (χ1v) is 7.06. The van der Waals surface area contributed by atoms with Crippen molar-refractivity contribution < 1.29 is 14.7 Å². The molecule has 1 amide bonds. The van der Waals surface area contributed by atoms with E-state index in [1.807, 2.05) is 19.1 Å². The number of nitrogens with zero attached hydrogens (tertiary/aromatic N) is 1. The SMILES string of the molecule is Cc1cc(Br)cc(C(=O)N2CCC(C(=O)O)CC2)c1. The molecule has 5 heteroatoms. The molecule has 0 bridgehead atoms. The number of benzene rings is 1. The fourth-order valence-corrected chi connectivity index (χ4v) is 2.98. The molecule has 0 unspecified atom stereocenters. The van der Waals surface area contributed by atoms with Crippen LogP contribution < -0.4 is 0 Å². The van der Waals surface area contributed by atoms with Crippen molar-refractivity contribution in [1.82, 2.24) is 4.90 Å². The second-order valence-electron chi connectivity index (χ2n) is 4.92. The topological polar surface area (TPSA) is 57.6 Å². The predicted molar refractivity (Wildman–Crippen MR) is 75.1 cm³/mol. The molecule has 0 spiro atoms. The van der Waals surface area contributed by atoms with Gasteiger partial charge >= 0.3 is 5.97 Å². The number of carboxylic acids is 1. The molecule has 1 saturated heterocycles. The summed E-state index contributed by atoms with van der Waals surface area (Å²) in [7, 11) is 0. The number of piperidine rings is 1. The minimum atomic E-state index is -0.759. The van der Waals surface area contributed by atoms with E-state index in [0.29, 0.717) is 31.5 Å². The zero-order valence-electron chi connectivity index (χ0n) is 10.7. The Hall–Kier alpha value is -1.36. The fourth-order valence-electron chi connectivity index (χ4n) is 2.37. The number of carboxylic acid groups (broad SMARTS) is 1. The molecular formula is C14H16BrNO3. The third kappa shape index (κ3) is 3.35. The number of carbonyl (C=O) groups is 2. The van der Waals surface area contributed by atoms with Gasteiger partial charge in [0.1, 0.15) is 0 Å². The molecule has 1 aromatic carbocycles. The van der Waals surface area contributed by atoms with Gasteiger partial charge in [0.25, 0.3) is 5.91 Å². The minimum Gasteiger partial charge on any atom is -0.481 e. The number of hydrogen-bond donors (Lipinski definition) is 1. The number of carbonyl (C=O) groups excluding carboxylic acids is 1.